The maximum atomic E-state index is 12.1. The van der Waals surface area contributed by atoms with Gasteiger partial charge in [-0.15, -0.1) is 0 Å². The van der Waals surface area contributed by atoms with Gasteiger partial charge in [-0.1, -0.05) is 6.07 Å². The lowest BCUT2D eigenvalue weighted by atomic mass is 10.1. The van der Waals surface area contributed by atoms with Gasteiger partial charge in [0.15, 0.2) is 6.61 Å². The molecule has 0 bridgehead atoms. The van der Waals surface area contributed by atoms with E-state index >= 15 is 0 Å². The molecule has 24 heavy (non-hydrogen) atoms. The lowest BCUT2D eigenvalue weighted by Gasteiger charge is -2.08. The van der Waals surface area contributed by atoms with Crippen LogP contribution in [-0.4, -0.2) is 33.4 Å². The molecule has 0 spiro atoms. The number of ether oxygens (including phenoxy) is 1. The minimum Gasteiger partial charge on any atom is -0.482 e. The molecule has 1 aromatic heterocycles. The molecule has 2 N–H and O–H groups in total. The zero-order valence-electron chi connectivity index (χ0n) is 14.0. The van der Waals surface area contributed by atoms with Crippen LogP contribution in [0.5, 0.6) is 5.75 Å². The highest BCUT2D eigenvalue weighted by Crippen LogP contribution is 2.18. The summed E-state index contributed by atoms with van der Waals surface area (Å²) in [6.45, 7) is 3.50. The largest absolute Gasteiger partial charge is 0.482 e. The van der Waals surface area contributed by atoms with E-state index in [1.165, 1.54) is 0 Å². The van der Waals surface area contributed by atoms with Crippen molar-refractivity contribution in [1.29, 1.82) is 0 Å². The molecule has 0 fully saturated rings. The monoisotopic (exact) mass is 331 g/mol. The zero-order chi connectivity index (χ0) is 17.7. The molecule has 0 saturated carbocycles. The van der Waals surface area contributed by atoms with E-state index < -0.39 is 12.6 Å². The normalized spacial score (nSPS) is 10.5. The van der Waals surface area contributed by atoms with Crippen LogP contribution in [0.15, 0.2) is 24.3 Å². The Hall–Kier alpha value is -2.83. The average molecular weight is 331 g/mol. The number of nitrogens with one attached hydrogen (secondary N) is 1. The Balaban J connectivity index is 1.92. The van der Waals surface area contributed by atoms with E-state index in [9.17, 15) is 9.59 Å². The average Bonchev–Trinajstić information content (AvgIpc) is 2.76. The summed E-state index contributed by atoms with van der Waals surface area (Å²) < 4.78 is 6.90. The van der Waals surface area contributed by atoms with Gasteiger partial charge in [-0.25, -0.2) is 4.79 Å². The summed E-state index contributed by atoms with van der Waals surface area (Å²) in [5.41, 5.74) is 3.66. The summed E-state index contributed by atoms with van der Waals surface area (Å²) in [5.74, 6) is -0.770. The number of carbonyl (C=O) groups excluding carboxylic acids is 1. The summed E-state index contributed by atoms with van der Waals surface area (Å²) in [6.07, 6.45) is 0.958. The Morgan fingerprint density at radius 1 is 1.33 bits per heavy atom. The molecule has 0 unspecified atom stereocenters. The van der Waals surface area contributed by atoms with Crippen molar-refractivity contribution in [3.63, 3.8) is 0 Å². The molecule has 0 saturated heterocycles. The van der Waals surface area contributed by atoms with Crippen molar-refractivity contribution >= 4 is 17.6 Å². The summed E-state index contributed by atoms with van der Waals surface area (Å²) in [4.78, 5) is 22.6. The number of aliphatic carboxylic acids is 1. The number of aryl methyl sites for hydroxylation is 2. The number of benzene rings is 1. The van der Waals surface area contributed by atoms with Crippen molar-refractivity contribution < 1.29 is 19.4 Å². The van der Waals surface area contributed by atoms with Crippen molar-refractivity contribution in [1.82, 2.24) is 9.78 Å². The lowest BCUT2D eigenvalue weighted by Crippen LogP contribution is -2.13. The maximum absolute atomic E-state index is 12.1. The van der Waals surface area contributed by atoms with Gasteiger partial charge in [0.25, 0.3) is 0 Å². The van der Waals surface area contributed by atoms with E-state index in [2.05, 4.69) is 10.4 Å². The third kappa shape index (κ3) is 4.58. The number of aromatic nitrogens is 2. The molecule has 0 radical (unpaired) electrons. The number of anilines is 1. The molecule has 1 heterocycles. The van der Waals surface area contributed by atoms with Crippen LogP contribution in [-0.2, 0) is 23.1 Å². The first kappa shape index (κ1) is 17.5. The Morgan fingerprint density at radius 2 is 2.08 bits per heavy atom. The number of carboxylic acid groups (broad SMARTS) is 1. The SMILES string of the molecule is Cc1nn(C)c(C)c1CCC(=O)Nc1cccc(OCC(=O)O)c1. The molecule has 0 aliphatic rings. The third-order valence-corrected chi connectivity index (χ3v) is 3.74. The second-order valence-corrected chi connectivity index (χ2v) is 5.53. The highest BCUT2D eigenvalue weighted by molar-refractivity contribution is 5.91. The molecule has 2 aromatic rings. The van der Waals surface area contributed by atoms with Crippen LogP contribution < -0.4 is 10.1 Å². The number of carbonyl (C=O) groups is 2. The van der Waals surface area contributed by atoms with Gasteiger partial charge in [0, 0.05) is 30.9 Å². The van der Waals surface area contributed by atoms with Gasteiger partial charge in [-0.2, -0.15) is 5.10 Å². The number of hydrogen-bond donors (Lipinski definition) is 2. The van der Waals surface area contributed by atoms with Gasteiger partial charge < -0.3 is 15.2 Å². The van der Waals surface area contributed by atoms with Crippen LogP contribution in [0.1, 0.15) is 23.4 Å². The first-order valence-corrected chi connectivity index (χ1v) is 7.60. The van der Waals surface area contributed by atoms with Crippen LogP contribution in [0.25, 0.3) is 0 Å². The fourth-order valence-electron chi connectivity index (χ4n) is 2.45. The second-order valence-electron chi connectivity index (χ2n) is 5.53. The summed E-state index contributed by atoms with van der Waals surface area (Å²) >= 11 is 0. The van der Waals surface area contributed by atoms with E-state index in [1.807, 2.05) is 25.6 Å². The fraction of sp³-hybridized carbons (Fsp3) is 0.353. The van der Waals surface area contributed by atoms with Crippen molar-refractivity contribution in [2.24, 2.45) is 7.05 Å². The predicted molar refractivity (Wildman–Crippen MR) is 89.2 cm³/mol. The smallest absolute Gasteiger partial charge is 0.341 e. The minimum atomic E-state index is -1.05. The minimum absolute atomic E-state index is 0.118. The third-order valence-electron chi connectivity index (χ3n) is 3.74. The standard InChI is InChI=1S/C17H21N3O4/c1-11-15(12(2)20(3)19-11)7-8-16(21)18-13-5-4-6-14(9-13)24-10-17(22)23/h4-6,9H,7-8,10H2,1-3H3,(H,18,21)(H,22,23). The van der Waals surface area contributed by atoms with Gasteiger partial charge in [0.1, 0.15) is 5.75 Å². The number of rotatable bonds is 7. The number of amides is 1. The molecule has 1 aromatic carbocycles. The van der Waals surface area contributed by atoms with E-state index in [0.29, 0.717) is 24.3 Å². The van der Waals surface area contributed by atoms with Crippen LogP contribution in [0.4, 0.5) is 5.69 Å². The molecule has 0 aliphatic carbocycles. The van der Waals surface area contributed by atoms with Crippen LogP contribution in [0.2, 0.25) is 0 Å². The number of nitrogens with zero attached hydrogens (tertiary/aromatic N) is 2. The highest BCUT2D eigenvalue weighted by atomic mass is 16.5. The van der Waals surface area contributed by atoms with Crippen molar-refractivity contribution in [3.05, 3.63) is 41.2 Å². The van der Waals surface area contributed by atoms with Crippen molar-refractivity contribution in [2.45, 2.75) is 26.7 Å². The second kappa shape index (κ2) is 7.63. The molecule has 7 nitrogen and oxygen atoms in total. The number of carboxylic acids is 1. The van der Waals surface area contributed by atoms with E-state index in [-0.39, 0.29) is 5.91 Å². The molecule has 1 amide bonds. The number of hydrogen-bond acceptors (Lipinski definition) is 4. The van der Waals surface area contributed by atoms with E-state index in [0.717, 1.165) is 17.0 Å². The van der Waals surface area contributed by atoms with Gasteiger partial charge in [0.05, 0.1) is 5.69 Å². The zero-order valence-corrected chi connectivity index (χ0v) is 14.0. The maximum Gasteiger partial charge on any atom is 0.341 e. The van der Waals surface area contributed by atoms with E-state index in [1.54, 1.807) is 24.3 Å². The molecule has 2 rings (SSSR count). The quantitative estimate of drug-likeness (QED) is 0.810. The summed E-state index contributed by atoms with van der Waals surface area (Å²) in [7, 11) is 1.88. The highest BCUT2D eigenvalue weighted by Gasteiger charge is 2.11. The Bertz CT molecular complexity index is 752. The molecular weight excluding hydrogens is 310 g/mol. The molecular formula is C17H21N3O4. The summed E-state index contributed by atoms with van der Waals surface area (Å²) in [6, 6.07) is 6.66. The van der Waals surface area contributed by atoms with Crippen molar-refractivity contribution in [3.8, 4) is 5.75 Å². The lowest BCUT2D eigenvalue weighted by molar-refractivity contribution is -0.139. The molecule has 7 heteroatoms. The Morgan fingerprint density at radius 3 is 2.71 bits per heavy atom. The molecule has 128 valence electrons. The van der Waals surface area contributed by atoms with Crippen molar-refractivity contribution in [2.75, 3.05) is 11.9 Å². The fourth-order valence-corrected chi connectivity index (χ4v) is 2.45. The Labute approximate surface area is 140 Å². The van der Waals surface area contributed by atoms with Crippen LogP contribution >= 0.6 is 0 Å². The van der Waals surface area contributed by atoms with Gasteiger partial charge >= 0.3 is 5.97 Å². The first-order chi connectivity index (χ1) is 11.4. The Kier molecular flexibility index (Phi) is 5.57. The summed E-state index contributed by atoms with van der Waals surface area (Å²) in [5, 5.41) is 15.7. The first-order valence-electron chi connectivity index (χ1n) is 7.60. The molecule has 0 atom stereocenters. The van der Waals surface area contributed by atoms with E-state index in [4.69, 9.17) is 9.84 Å². The topological polar surface area (TPSA) is 93.5 Å². The predicted octanol–water partition coefficient (Wildman–Crippen LogP) is 2.07. The molecule has 0 aliphatic heterocycles. The van der Waals surface area contributed by atoms with Gasteiger partial charge in [-0.3, -0.25) is 9.48 Å². The van der Waals surface area contributed by atoms with Gasteiger partial charge in [-0.05, 0) is 38.0 Å². The van der Waals surface area contributed by atoms with Crippen LogP contribution in [0, 0.1) is 13.8 Å². The van der Waals surface area contributed by atoms with Gasteiger partial charge in [0.2, 0.25) is 5.91 Å². The van der Waals surface area contributed by atoms with Crippen LogP contribution in [0.3, 0.4) is 0 Å².